The fraction of sp³-hybridized carbons (Fsp3) is 0.350. The van der Waals surface area contributed by atoms with Crippen molar-refractivity contribution in [1.82, 2.24) is 9.55 Å². The van der Waals surface area contributed by atoms with Gasteiger partial charge in [0.1, 0.15) is 11.4 Å². The van der Waals surface area contributed by atoms with Crippen LogP contribution in [0.4, 0.5) is 11.4 Å². The highest BCUT2D eigenvalue weighted by atomic mass is 32.1. The van der Waals surface area contributed by atoms with Crippen LogP contribution in [0.1, 0.15) is 23.8 Å². The summed E-state index contributed by atoms with van der Waals surface area (Å²) in [5.41, 5.74) is 1.38. The summed E-state index contributed by atoms with van der Waals surface area (Å²) in [5, 5.41) is 11.4. The molecule has 4 rings (SSSR count). The van der Waals surface area contributed by atoms with Gasteiger partial charge in [0, 0.05) is 29.7 Å². The number of nitro benzene ring substituents is 1. The van der Waals surface area contributed by atoms with Crippen LogP contribution < -0.4 is 10.5 Å². The molecule has 0 N–H and O–H groups in total. The fourth-order valence-corrected chi connectivity index (χ4v) is 5.01. The van der Waals surface area contributed by atoms with E-state index in [-0.39, 0.29) is 23.7 Å². The molecule has 0 saturated heterocycles. The van der Waals surface area contributed by atoms with Crippen molar-refractivity contribution in [3.63, 3.8) is 0 Å². The number of rotatable bonds is 4. The number of nitrogens with zero attached hydrogens (tertiary/aromatic N) is 4. The number of likely N-dealkylation sites (N-methyl/N-ethyl adjacent to an activating group) is 1. The summed E-state index contributed by atoms with van der Waals surface area (Å²) in [6.45, 7) is 2.07. The van der Waals surface area contributed by atoms with Gasteiger partial charge in [-0.1, -0.05) is 6.92 Å². The number of hydrogen-bond acceptors (Lipinski definition) is 6. The Bertz CT molecular complexity index is 1170. The predicted octanol–water partition coefficient (Wildman–Crippen LogP) is 3.15. The van der Waals surface area contributed by atoms with Crippen LogP contribution in [-0.2, 0) is 24.2 Å². The smallest absolute Gasteiger partial charge is 0.269 e. The lowest BCUT2D eigenvalue weighted by Gasteiger charge is -2.18. The Morgan fingerprint density at radius 3 is 2.79 bits per heavy atom. The first kappa shape index (κ1) is 19.3. The molecule has 0 radical (unpaired) electrons. The minimum Gasteiger partial charge on any atom is -0.314 e. The standard InChI is InChI=1S/C20H20N4O4S/c1-12-3-8-15-16(9-12)29-19-18(15)20(26)23(11-21-19)10-17(25)22(2)13-4-6-14(7-5-13)24(27)28/h4-7,11-12H,3,8-10H2,1-2H3. The van der Waals surface area contributed by atoms with E-state index in [1.165, 1.54) is 44.9 Å². The Morgan fingerprint density at radius 2 is 2.10 bits per heavy atom. The number of benzene rings is 1. The third kappa shape index (κ3) is 3.53. The van der Waals surface area contributed by atoms with Crippen LogP contribution in [0.3, 0.4) is 0 Å². The molecule has 0 bridgehead atoms. The number of fused-ring (bicyclic) bond motifs is 3. The second-order valence-corrected chi connectivity index (χ2v) is 8.52. The number of thiophene rings is 1. The number of hydrogen-bond donors (Lipinski definition) is 0. The van der Waals surface area contributed by atoms with E-state index >= 15 is 0 Å². The first-order chi connectivity index (χ1) is 13.8. The van der Waals surface area contributed by atoms with Crippen LogP contribution in [0.2, 0.25) is 0 Å². The lowest BCUT2D eigenvalue weighted by molar-refractivity contribution is -0.384. The van der Waals surface area contributed by atoms with Crippen molar-refractivity contribution >= 4 is 38.8 Å². The molecule has 29 heavy (non-hydrogen) atoms. The molecule has 150 valence electrons. The number of carbonyl (C=O) groups is 1. The van der Waals surface area contributed by atoms with Crippen LogP contribution >= 0.6 is 11.3 Å². The molecule has 1 unspecified atom stereocenters. The molecule has 0 spiro atoms. The van der Waals surface area contributed by atoms with E-state index < -0.39 is 4.92 Å². The normalized spacial score (nSPS) is 15.9. The Hall–Kier alpha value is -3.07. The Kier molecular flexibility index (Phi) is 4.91. The molecule has 8 nitrogen and oxygen atoms in total. The van der Waals surface area contributed by atoms with E-state index in [0.717, 1.165) is 29.7 Å². The van der Waals surface area contributed by atoms with Gasteiger partial charge >= 0.3 is 0 Å². The summed E-state index contributed by atoms with van der Waals surface area (Å²) < 4.78 is 1.34. The number of carbonyl (C=O) groups excluding carboxylic acids is 1. The molecule has 2 aromatic heterocycles. The number of nitro groups is 1. The summed E-state index contributed by atoms with van der Waals surface area (Å²) in [7, 11) is 1.58. The average Bonchev–Trinajstić information content (AvgIpc) is 3.07. The molecule has 9 heteroatoms. The number of amides is 1. The topological polar surface area (TPSA) is 98.3 Å². The fourth-order valence-electron chi connectivity index (χ4n) is 3.67. The average molecular weight is 412 g/mol. The van der Waals surface area contributed by atoms with Gasteiger partial charge in [-0.05, 0) is 42.9 Å². The van der Waals surface area contributed by atoms with Gasteiger partial charge in [-0.3, -0.25) is 24.3 Å². The van der Waals surface area contributed by atoms with E-state index in [1.54, 1.807) is 18.4 Å². The monoisotopic (exact) mass is 412 g/mol. The maximum atomic E-state index is 13.0. The predicted molar refractivity (Wildman–Crippen MR) is 112 cm³/mol. The Labute approximate surface area is 170 Å². The van der Waals surface area contributed by atoms with Gasteiger partial charge in [0.2, 0.25) is 5.91 Å². The lowest BCUT2D eigenvalue weighted by atomic mass is 9.89. The number of aromatic nitrogens is 2. The zero-order valence-electron chi connectivity index (χ0n) is 16.1. The molecule has 1 aliphatic rings. The zero-order valence-corrected chi connectivity index (χ0v) is 16.9. The number of non-ortho nitro benzene ring substituents is 1. The summed E-state index contributed by atoms with van der Waals surface area (Å²) in [5.74, 6) is 0.300. The number of anilines is 1. The van der Waals surface area contributed by atoms with Crippen molar-refractivity contribution < 1.29 is 9.72 Å². The van der Waals surface area contributed by atoms with E-state index in [2.05, 4.69) is 11.9 Å². The van der Waals surface area contributed by atoms with Crippen LogP contribution in [0.25, 0.3) is 10.2 Å². The molecule has 3 aromatic rings. The van der Waals surface area contributed by atoms with Crippen molar-refractivity contribution in [1.29, 1.82) is 0 Å². The first-order valence-corrected chi connectivity index (χ1v) is 10.2. The molecule has 2 heterocycles. The second-order valence-electron chi connectivity index (χ2n) is 7.44. The van der Waals surface area contributed by atoms with Gasteiger partial charge in [-0.15, -0.1) is 11.3 Å². The summed E-state index contributed by atoms with van der Waals surface area (Å²) >= 11 is 1.58. The lowest BCUT2D eigenvalue weighted by Crippen LogP contribution is -2.34. The highest BCUT2D eigenvalue weighted by Crippen LogP contribution is 2.35. The van der Waals surface area contributed by atoms with Gasteiger partial charge in [0.05, 0.1) is 16.6 Å². The quantitative estimate of drug-likeness (QED) is 0.484. The van der Waals surface area contributed by atoms with Gasteiger partial charge in [0.15, 0.2) is 0 Å². The zero-order chi connectivity index (χ0) is 20.7. The third-order valence-electron chi connectivity index (χ3n) is 5.41. The highest BCUT2D eigenvalue weighted by Gasteiger charge is 2.24. The SMILES string of the molecule is CC1CCc2c(sc3ncn(CC(=O)N(C)c4ccc([N+](=O)[O-])cc4)c(=O)c23)C1. The summed E-state index contributed by atoms with van der Waals surface area (Å²) in [6.07, 6.45) is 4.32. The second kappa shape index (κ2) is 7.40. The highest BCUT2D eigenvalue weighted by molar-refractivity contribution is 7.18. The molecular weight excluding hydrogens is 392 g/mol. The third-order valence-corrected chi connectivity index (χ3v) is 6.57. The molecule has 1 atom stereocenters. The van der Waals surface area contributed by atoms with Crippen molar-refractivity contribution in [2.75, 3.05) is 11.9 Å². The van der Waals surface area contributed by atoms with Crippen molar-refractivity contribution in [3.05, 3.63) is 61.5 Å². The van der Waals surface area contributed by atoms with E-state index in [4.69, 9.17) is 0 Å². The van der Waals surface area contributed by atoms with Gasteiger partial charge in [0.25, 0.3) is 11.2 Å². The minimum atomic E-state index is -0.492. The molecule has 0 fully saturated rings. The Morgan fingerprint density at radius 1 is 1.38 bits per heavy atom. The maximum absolute atomic E-state index is 13.0. The maximum Gasteiger partial charge on any atom is 0.269 e. The van der Waals surface area contributed by atoms with Crippen molar-refractivity contribution in [2.45, 2.75) is 32.7 Å². The first-order valence-electron chi connectivity index (χ1n) is 9.36. The summed E-state index contributed by atoms with van der Waals surface area (Å²) in [4.78, 5) is 43.8. The van der Waals surface area contributed by atoms with E-state index in [1.807, 2.05) is 0 Å². The Balaban J connectivity index is 1.60. The van der Waals surface area contributed by atoms with Crippen molar-refractivity contribution in [2.24, 2.45) is 5.92 Å². The number of aryl methyl sites for hydroxylation is 1. The molecular formula is C20H20N4O4S. The molecule has 1 amide bonds. The van der Waals surface area contributed by atoms with Gasteiger partial charge in [-0.25, -0.2) is 4.98 Å². The van der Waals surface area contributed by atoms with E-state index in [9.17, 15) is 19.7 Å². The molecule has 0 aliphatic heterocycles. The van der Waals surface area contributed by atoms with E-state index in [0.29, 0.717) is 17.0 Å². The molecule has 0 saturated carbocycles. The van der Waals surface area contributed by atoms with Crippen LogP contribution in [0, 0.1) is 16.0 Å². The van der Waals surface area contributed by atoms with Crippen LogP contribution in [0.15, 0.2) is 35.4 Å². The summed E-state index contributed by atoms with van der Waals surface area (Å²) in [6, 6.07) is 5.71. The minimum absolute atomic E-state index is 0.0444. The largest absolute Gasteiger partial charge is 0.314 e. The van der Waals surface area contributed by atoms with Gasteiger partial charge in [-0.2, -0.15) is 0 Å². The van der Waals surface area contributed by atoms with Crippen LogP contribution in [-0.4, -0.2) is 27.4 Å². The van der Waals surface area contributed by atoms with Gasteiger partial charge < -0.3 is 4.90 Å². The molecule has 1 aliphatic carbocycles. The van der Waals surface area contributed by atoms with Crippen molar-refractivity contribution in [3.8, 4) is 0 Å². The van der Waals surface area contributed by atoms with Crippen LogP contribution in [0.5, 0.6) is 0 Å². The molecule has 1 aromatic carbocycles.